The Hall–Kier alpha value is -0.640. The Morgan fingerprint density at radius 1 is 1.27 bits per heavy atom. The standard InChI is InChI=1S/C18H24ClN3OS2.HI/c1-3-20-18(22(2)13-16-9-10-17(19)24-16)21-11-12-25(23)14-15-7-5-4-6-8-15;/h4-10H,3,11-14H2,1-2H3,(H,20,21);1H. The quantitative estimate of drug-likeness (QED) is 0.316. The van der Waals surface area contributed by atoms with Crippen molar-refractivity contribution in [3.63, 3.8) is 0 Å². The molecule has 1 N–H and O–H groups in total. The third kappa shape index (κ3) is 8.37. The molecule has 2 rings (SSSR count). The molecule has 1 aromatic heterocycles. The molecule has 1 atom stereocenters. The molecule has 1 unspecified atom stereocenters. The van der Waals surface area contributed by atoms with Crippen LogP contribution in [-0.4, -0.2) is 41.0 Å². The lowest BCUT2D eigenvalue weighted by atomic mass is 10.2. The average molecular weight is 526 g/mol. The molecule has 0 saturated carbocycles. The topological polar surface area (TPSA) is 44.7 Å². The molecule has 0 saturated heterocycles. The van der Waals surface area contributed by atoms with Gasteiger partial charge in [0.05, 0.1) is 17.4 Å². The summed E-state index contributed by atoms with van der Waals surface area (Å²) in [6, 6.07) is 13.9. The molecular formula is C18H25ClIN3OS2. The van der Waals surface area contributed by atoms with Crippen LogP contribution in [-0.2, 0) is 23.1 Å². The fraction of sp³-hybridized carbons (Fsp3) is 0.389. The van der Waals surface area contributed by atoms with Gasteiger partial charge in [0.25, 0.3) is 0 Å². The van der Waals surface area contributed by atoms with E-state index in [2.05, 4.69) is 15.2 Å². The van der Waals surface area contributed by atoms with Crippen molar-refractivity contribution in [2.45, 2.75) is 19.2 Å². The second-order valence-electron chi connectivity index (χ2n) is 5.57. The van der Waals surface area contributed by atoms with Gasteiger partial charge in [-0.05, 0) is 24.6 Å². The lowest BCUT2D eigenvalue weighted by Crippen LogP contribution is -2.38. The van der Waals surface area contributed by atoms with Crippen LogP contribution in [0.4, 0.5) is 0 Å². The fourth-order valence-corrected chi connectivity index (χ4v) is 4.45. The highest BCUT2D eigenvalue weighted by Gasteiger charge is 2.08. The molecule has 0 aliphatic rings. The largest absolute Gasteiger partial charge is 0.357 e. The van der Waals surface area contributed by atoms with E-state index in [4.69, 9.17) is 11.6 Å². The summed E-state index contributed by atoms with van der Waals surface area (Å²) in [5.41, 5.74) is 1.10. The van der Waals surface area contributed by atoms with Gasteiger partial charge in [-0.2, -0.15) is 0 Å². The summed E-state index contributed by atoms with van der Waals surface area (Å²) in [6.07, 6.45) is 0. The summed E-state index contributed by atoms with van der Waals surface area (Å²) in [5.74, 6) is 1.96. The summed E-state index contributed by atoms with van der Waals surface area (Å²) in [5, 5.41) is 3.28. The van der Waals surface area contributed by atoms with Crippen LogP contribution >= 0.6 is 46.9 Å². The predicted octanol–water partition coefficient (Wildman–Crippen LogP) is 4.37. The molecule has 144 valence electrons. The first-order valence-electron chi connectivity index (χ1n) is 8.21. The molecular weight excluding hydrogens is 501 g/mol. The Balaban J connectivity index is 0.00000338. The Labute approximate surface area is 184 Å². The number of nitrogens with zero attached hydrogens (tertiary/aromatic N) is 2. The Morgan fingerprint density at radius 3 is 2.62 bits per heavy atom. The van der Waals surface area contributed by atoms with E-state index in [1.165, 1.54) is 4.88 Å². The molecule has 2 aromatic rings. The third-order valence-corrected chi connectivity index (χ3v) is 5.98. The van der Waals surface area contributed by atoms with Crippen molar-refractivity contribution in [3.8, 4) is 0 Å². The smallest absolute Gasteiger partial charge is 0.194 e. The first kappa shape index (κ1) is 23.4. The van der Waals surface area contributed by atoms with E-state index in [-0.39, 0.29) is 24.0 Å². The zero-order valence-electron chi connectivity index (χ0n) is 15.0. The van der Waals surface area contributed by atoms with Crippen molar-refractivity contribution in [1.29, 1.82) is 0 Å². The van der Waals surface area contributed by atoms with Gasteiger partial charge in [-0.3, -0.25) is 9.20 Å². The molecule has 26 heavy (non-hydrogen) atoms. The SMILES string of the molecule is CCNC(=NCCS(=O)Cc1ccccc1)N(C)Cc1ccc(Cl)s1.I. The first-order valence-corrected chi connectivity index (χ1v) is 10.9. The normalized spacial score (nSPS) is 12.3. The highest BCUT2D eigenvalue weighted by Crippen LogP contribution is 2.22. The fourth-order valence-electron chi connectivity index (χ4n) is 2.30. The number of aliphatic imine (C=N–C) groups is 1. The van der Waals surface area contributed by atoms with Gasteiger partial charge in [0.15, 0.2) is 5.96 Å². The van der Waals surface area contributed by atoms with E-state index < -0.39 is 10.8 Å². The lowest BCUT2D eigenvalue weighted by Gasteiger charge is -2.21. The van der Waals surface area contributed by atoms with Crippen molar-refractivity contribution < 1.29 is 4.21 Å². The maximum atomic E-state index is 12.2. The average Bonchev–Trinajstić information content (AvgIpc) is 2.99. The van der Waals surface area contributed by atoms with E-state index in [9.17, 15) is 4.21 Å². The predicted molar refractivity (Wildman–Crippen MR) is 125 cm³/mol. The van der Waals surface area contributed by atoms with Crippen LogP contribution in [0.3, 0.4) is 0 Å². The van der Waals surface area contributed by atoms with Crippen LogP contribution in [0.15, 0.2) is 47.5 Å². The number of nitrogens with one attached hydrogen (secondary N) is 1. The number of hydrogen-bond acceptors (Lipinski definition) is 3. The van der Waals surface area contributed by atoms with Crippen LogP contribution in [0.5, 0.6) is 0 Å². The summed E-state index contributed by atoms with van der Waals surface area (Å²) < 4.78 is 13.0. The molecule has 4 nitrogen and oxygen atoms in total. The minimum atomic E-state index is -0.908. The maximum Gasteiger partial charge on any atom is 0.194 e. The summed E-state index contributed by atoms with van der Waals surface area (Å²) in [7, 11) is 1.09. The minimum Gasteiger partial charge on any atom is -0.357 e. The minimum absolute atomic E-state index is 0. The molecule has 1 heterocycles. The molecule has 0 bridgehead atoms. The molecule has 8 heteroatoms. The van der Waals surface area contributed by atoms with Crippen molar-refractivity contribution in [2.75, 3.05) is 25.9 Å². The van der Waals surface area contributed by atoms with Gasteiger partial charge in [-0.15, -0.1) is 35.3 Å². The van der Waals surface area contributed by atoms with Gasteiger partial charge in [0.2, 0.25) is 0 Å². The molecule has 0 aliphatic heterocycles. The van der Waals surface area contributed by atoms with Crippen LogP contribution < -0.4 is 5.32 Å². The first-order chi connectivity index (χ1) is 12.1. The second kappa shape index (κ2) is 12.7. The lowest BCUT2D eigenvalue weighted by molar-refractivity contribution is 0.482. The second-order valence-corrected chi connectivity index (χ2v) is 8.95. The monoisotopic (exact) mass is 525 g/mol. The summed E-state index contributed by atoms with van der Waals surface area (Å²) in [6.45, 7) is 4.12. The van der Waals surface area contributed by atoms with Gasteiger partial charge in [0, 0.05) is 40.8 Å². The number of benzene rings is 1. The molecule has 0 spiro atoms. The Bertz CT molecular complexity index is 709. The maximum absolute atomic E-state index is 12.2. The third-order valence-electron chi connectivity index (χ3n) is 3.47. The van der Waals surface area contributed by atoms with E-state index in [1.54, 1.807) is 11.3 Å². The number of hydrogen-bond donors (Lipinski definition) is 1. The van der Waals surface area contributed by atoms with Crippen molar-refractivity contribution in [3.05, 3.63) is 57.2 Å². The van der Waals surface area contributed by atoms with Gasteiger partial charge in [-0.1, -0.05) is 41.9 Å². The van der Waals surface area contributed by atoms with Crippen LogP contribution in [0.25, 0.3) is 0 Å². The van der Waals surface area contributed by atoms with E-state index >= 15 is 0 Å². The highest BCUT2D eigenvalue weighted by molar-refractivity contribution is 14.0. The molecule has 0 fully saturated rings. The van der Waals surface area contributed by atoms with E-state index in [0.717, 1.165) is 28.9 Å². The molecule has 0 amide bonds. The summed E-state index contributed by atoms with van der Waals surface area (Å²) >= 11 is 7.56. The highest BCUT2D eigenvalue weighted by atomic mass is 127. The van der Waals surface area contributed by atoms with E-state index in [1.807, 2.05) is 56.4 Å². The Morgan fingerprint density at radius 2 is 2.00 bits per heavy atom. The van der Waals surface area contributed by atoms with Gasteiger partial charge in [0.1, 0.15) is 0 Å². The molecule has 0 radical (unpaired) electrons. The molecule has 1 aromatic carbocycles. The number of guanidine groups is 1. The van der Waals surface area contributed by atoms with E-state index in [0.29, 0.717) is 18.1 Å². The van der Waals surface area contributed by atoms with Crippen LogP contribution in [0.2, 0.25) is 4.34 Å². The van der Waals surface area contributed by atoms with Crippen molar-refractivity contribution in [1.82, 2.24) is 10.2 Å². The Kier molecular flexibility index (Phi) is 11.4. The van der Waals surface area contributed by atoms with Gasteiger partial charge >= 0.3 is 0 Å². The van der Waals surface area contributed by atoms with Gasteiger partial charge in [-0.25, -0.2) is 0 Å². The zero-order valence-corrected chi connectivity index (χ0v) is 19.7. The number of rotatable bonds is 8. The van der Waals surface area contributed by atoms with Crippen LogP contribution in [0, 0.1) is 0 Å². The number of thiophene rings is 1. The van der Waals surface area contributed by atoms with Crippen molar-refractivity contribution in [2.24, 2.45) is 4.99 Å². The van der Waals surface area contributed by atoms with Crippen molar-refractivity contribution >= 4 is 63.7 Å². The van der Waals surface area contributed by atoms with Gasteiger partial charge < -0.3 is 10.2 Å². The summed E-state index contributed by atoms with van der Waals surface area (Å²) in [4.78, 5) is 7.86. The molecule has 0 aliphatic carbocycles. The number of halogens is 2. The zero-order chi connectivity index (χ0) is 18.1. The van der Waals surface area contributed by atoms with Crippen LogP contribution in [0.1, 0.15) is 17.4 Å².